The molecule has 0 saturated carbocycles. The van der Waals surface area contributed by atoms with Gasteiger partial charge in [-0.05, 0) is 30.7 Å². The first-order chi connectivity index (χ1) is 12.2. The molecule has 4 rings (SSSR count). The number of fused-ring (bicyclic) bond motifs is 1. The maximum absolute atomic E-state index is 14.0. The molecule has 7 heteroatoms. The highest BCUT2D eigenvalue weighted by molar-refractivity contribution is 7.99. The van der Waals surface area contributed by atoms with Crippen molar-refractivity contribution in [3.63, 3.8) is 0 Å². The molecule has 128 valence electrons. The zero-order valence-electron chi connectivity index (χ0n) is 13.4. The Kier molecular flexibility index (Phi) is 4.67. The molecule has 0 aliphatic carbocycles. The van der Waals surface area contributed by atoms with E-state index >= 15 is 0 Å². The number of hydrogen-bond donors (Lipinski definition) is 0. The van der Waals surface area contributed by atoms with Gasteiger partial charge in [0.05, 0.1) is 11.7 Å². The first-order valence-electron chi connectivity index (χ1n) is 8.10. The minimum Gasteiger partial charge on any atom is -0.338 e. The molecule has 0 N–H and O–H groups in total. The number of hydrogen-bond acceptors (Lipinski definition) is 5. The van der Waals surface area contributed by atoms with Crippen molar-refractivity contribution in [3.8, 4) is 0 Å². The van der Waals surface area contributed by atoms with Gasteiger partial charge in [-0.2, -0.15) is 20.5 Å². The number of benzene rings is 2. The Bertz CT molecular complexity index is 914. The van der Waals surface area contributed by atoms with E-state index in [4.69, 9.17) is 0 Å². The standard InChI is InChI=1S/C18H16FN3OS2/c19-14-4-2-1-3-13(14)17-7-8-22(9-10-24-17)18(23)12-5-6-15-16(11-12)21-25-20-15/h1-6,11,17H,7-10H2. The van der Waals surface area contributed by atoms with E-state index in [1.165, 1.54) is 6.07 Å². The highest BCUT2D eigenvalue weighted by Crippen LogP contribution is 2.35. The van der Waals surface area contributed by atoms with Crippen LogP contribution in [0.3, 0.4) is 0 Å². The molecule has 2 heterocycles. The van der Waals surface area contributed by atoms with Crippen molar-refractivity contribution < 1.29 is 9.18 Å². The smallest absolute Gasteiger partial charge is 0.253 e. The highest BCUT2D eigenvalue weighted by Gasteiger charge is 2.24. The topological polar surface area (TPSA) is 46.1 Å². The molecular formula is C18H16FN3OS2. The first kappa shape index (κ1) is 16.5. The van der Waals surface area contributed by atoms with Crippen LogP contribution < -0.4 is 0 Å². The van der Waals surface area contributed by atoms with Crippen LogP contribution in [-0.2, 0) is 0 Å². The number of halogens is 1. The third kappa shape index (κ3) is 3.39. The number of rotatable bonds is 2. The molecule has 1 aliphatic rings. The van der Waals surface area contributed by atoms with Gasteiger partial charge >= 0.3 is 0 Å². The third-order valence-corrected chi connectivity index (χ3v) is 6.25. The van der Waals surface area contributed by atoms with Crippen LogP contribution >= 0.6 is 23.5 Å². The van der Waals surface area contributed by atoms with Gasteiger partial charge in [-0.25, -0.2) is 4.39 Å². The molecule has 1 saturated heterocycles. The van der Waals surface area contributed by atoms with Gasteiger partial charge in [0.1, 0.15) is 16.9 Å². The SMILES string of the molecule is O=C(c1ccc2nsnc2c1)N1CCSC(c2ccccc2F)CC1. The van der Waals surface area contributed by atoms with Crippen LogP contribution in [0.15, 0.2) is 42.5 Å². The molecule has 25 heavy (non-hydrogen) atoms. The minimum absolute atomic E-state index is 0.00434. The van der Waals surface area contributed by atoms with Crippen LogP contribution in [0.4, 0.5) is 4.39 Å². The molecule has 0 spiro atoms. The number of aromatic nitrogens is 2. The summed E-state index contributed by atoms with van der Waals surface area (Å²) >= 11 is 2.86. The summed E-state index contributed by atoms with van der Waals surface area (Å²) in [4.78, 5) is 14.7. The molecule has 1 unspecified atom stereocenters. The summed E-state index contributed by atoms with van der Waals surface area (Å²) in [5.74, 6) is 0.636. The second-order valence-corrected chi connectivity index (χ2v) is 7.77. The summed E-state index contributed by atoms with van der Waals surface area (Å²) in [6.45, 7) is 1.29. The van der Waals surface area contributed by atoms with Crippen LogP contribution in [0.2, 0.25) is 0 Å². The van der Waals surface area contributed by atoms with Gasteiger partial charge in [-0.3, -0.25) is 4.79 Å². The van der Waals surface area contributed by atoms with E-state index in [1.807, 2.05) is 23.1 Å². The second-order valence-electron chi connectivity index (χ2n) is 5.93. The Morgan fingerprint density at radius 3 is 2.84 bits per heavy atom. The molecule has 1 aliphatic heterocycles. The van der Waals surface area contributed by atoms with Crippen LogP contribution in [0.25, 0.3) is 11.0 Å². The Balaban J connectivity index is 1.50. The predicted molar refractivity (Wildman–Crippen MR) is 99.5 cm³/mol. The summed E-state index contributed by atoms with van der Waals surface area (Å²) in [5.41, 5.74) is 2.93. The van der Waals surface area contributed by atoms with E-state index in [2.05, 4.69) is 8.75 Å². The lowest BCUT2D eigenvalue weighted by Gasteiger charge is -2.20. The van der Waals surface area contributed by atoms with E-state index in [0.717, 1.165) is 40.5 Å². The van der Waals surface area contributed by atoms with E-state index < -0.39 is 0 Å². The predicted octanol–water partition coefficient (Wildman–Crippen LogP) is 4.15. The van der Waals surface area contributed by atoms with Crippen LogP contribution in [0.5, 0.6) is 0 Å². The first-order valence-corrected chi connectivity index (χ1v) is 9.88. The van der Waals surface area contributed by atoms with Crippen molar-refractivity contribution in [2.45, 2.75) is 11.7 Å². The van der Waals surface area contributed by atoms with Gasteiger partial charge in [0.15, 0.2) is 0 Å². The van der Waals surface area contributed by atoms with E-state index in [9.17, 15) is 9.18 Å². The molecule has 1 fully saturated rings. The Morgan fingerprint density at radius 2 is 1.96 bits per heavy atom. The molecule has 4 nitrogen and oxygen atoms in total. The normalized spacial score (nSPS) is 18.3. The number of nitrogens with zero attached hydrogens (tertiary/aromatic N) is 3. The lowest BCUT2D eigenvalue weighted by atomic mass is 10.1. The second kappa shape index (κ2) is 7.09. The van der Waals surface area contributed by atoms with Crippen LogP contribution in [0.1, 0.15) is 27.6 Å². The lowest BCUT2D eigenvalue weighted by Crippen LogP contribution is -2.32. The maximum atomic E-state index is 14.0. The third-order valence-electron chi connectivity index (χ3n) is 4.38. The monoisotopic (exact) mass is 373 g/mol. The number of carbonyl (C=O) groups excluding carboxylic acids is 1. The van der Waals surface area contributed by atoms with Gasteiger partial charge < -0.3 is 4.90 Å². The fraction of sp³-hybridized carbons (Fsp3) is 0.278. The largest absolute Gasteiger partial charge is 0.338 e. The average Bonchev–Trinajstić information content (AvgIpc) is 2.97. The van der Waals surface area contributed by atoms with Gasteiger partial charge in [0.2, 0.25) is 0 Å². The molecule has 2 aromatic carbocycles. The molecule has 3 aromatic rings. The summed E-state index contributed by atoms with van der Waals surface area (Å²) in [7, 11) is 0. The Hall–Kier alpha value is -1.99. The van der Waals surface area contributed by atoms with Gasteiger partial charge in [-0.1, -0.05) is 18.2 Å². The zero-order chi connectivity index (χ0) is 17.2. The van der Waals surface area contributed by atoms with E-state index in [0.29, 0.717) is 18.7 Å². The summed E-state index contributed by atoms with van der Waals surface area (Å²) in [5, 5.41) is 0.0872. The van der Waals surface area contributed by atoms with Gasteiger partial charge in [0.25, 0.3) is 5.91 Å². The van der Waals surface area contributed by atoms with E-state index in [-0.39, 0.29) is 17.0 Å². The summed E-state index contributed by atoms with van der Waals surface area (Å²) in [6, 6.07) is 12.4. The van der Waals surface area contributed by atoms with Crippen molar-refractivity contribution in [1.82, 2.24) is 13.6 Å². The molecule has 1 amide bonds. The van der Waals surface area contributed by atoms with Gasteiger partial charge in [0, 0.05) is 35.2 Å². The molecule has 1 atom stereocenters. The zero-order valence-corrected chi connectivity index (χ0v) is 15.0. The Morgan fingerprint density at radius 1 is 1.12 bits per heavy atom. The molecule has 0 bridgehead atoms. The molecule has 1 aromatic heterocycles. The maximum Gasteiger partial charge on any atom is 0.253 e. The number of amides is 1. The highest BCUT2D eigenvalue weighted by atomic mass is 32.2. The molecular weight excluding hydrogens is 357 g/mol. The van der Waals surface area contributed by atoms with Crippen molar-refractivity contribution >= 4 is 40.4 Å². The Labute approximate surface area is 153 Å². The fourth-order valence-corrected chi connectivity index (χ4v) is 4.83. The van der Waals surface area contributed by atoms with Crippen LogP contribution in [0, 0.1) is 5.82 Å². The quantitative estimate of drug-likeness (QED) is 0.677. The van der Waals surface area contributed by atoms with Crippen molar-refractivity contribution in [2.24, 2.45) is 0 Å². The number of thioether (sulfide) groups is 1. The van der Waals surface area contributed by atoms with Crippen LogP contribution in [-0.4, -0.2) is 38.4 Å². The van der Waals surface area contributed by atoms with E-state index in [1.54, 1.807) is 30.0 Å². The minimum atomic E-state index is -0.165. The molecule has 0 radical (unpaired) electrons. The van der Waals surface area contributed by atoms with Crippen molar-refractivity contribution in [2.75, 3.05) is 18.8 Å². The van der Waals surface area contributed by atoms with Crippen molar-refractivity contribution in [1.29, 1.82) is 0 Å². The average molecular weight is 373 g/mol. The fourth-order valence-electron chi connectivity index (χ4n) is 3.06. The van der Waals surface area contributed by atoms with Gasteiger partial charge in [-0.15, -0.1) is 0 Å². The summed E-state index contributed by atoms with van der Waals surface area (Å²) < 4.78 is 22.4. The van der Waals surface area contributed by atoms with Crippen molar-refractivity contribution in [3.05, 3.63) is 59.4 Å². The lowest BCUT2D eigenvalue weighted by molar-refractivity contribution is 0.0766. The summed E-state index contributed by atoms with van der Waals surface area (Å²) in [6.07, 6.45) is 0.748. The number of carbonyl (C=O) groups is 1.